The minimum absolute atomic E-state index is 0.0484. The van der Waals surface area contributed by atoms with Gasteiger partial charge in [-0.05, 0) is 66.7 Å². The second-order valence-corrected chi connectivity index (χ2v) is 8.37. The lowest BCUT2D eigenvalue weighted by Crippen LogP contribution is -2.22. The zero-order chi connectivity index (χ0) is 24.1. The molecule has 0 fully saturated rings. The normalized spacial score (nSPS) is 11.5. The van der Waals surface area contributed by atoms with E-state index in [4.69, 9.17) is 17.3 Å². The Labute approximate surface area is 198 Å². The summed E-state index contributed by atoms with van der Waals surface area (Å²) in [6, 6.07) is 11.8. The van der Waals surface area contributed by atoms with Crippen molar-refractivity contribution in [3.8, 4) is 0 Å². The van der Waals surface area contributed by atoms with Gasteiger partial charge in [-0.1, -0.05) is 30.2 Å². The highest BCUT2D eigenvalue weighted by Gasteiger charge is 2.18. The van der Waals surface area contributed by atoms with Gasteiger partial charge in [-0.2, -0.15) is 0 Å². The number of nitrogens with zero attached hydrogens (tertiary/aromatic N) is 1. The molecule has 6 nitrogen and oxygen atoms in total. The number of carbonyl (C=O) groups is 2. The van der Waals surface area contributed by atoms with Gasteiger partial charge in [-0.25, -0.2) is 9.37 Å². The van der Waals surface area contributed by atoms with Crippen LogP contribution in [0.2, 0.25) is 5.02 Å². The number of amides is 2. The van der Waals surface area contributed by atoms with Crippen molar-refractivity contribution in [3.63, 3.8) is 0 Å². The molecule has 0 aliphatic heterocycles. The molecule has 170 valence electrons. The van der Waals surface area contributed by atoms with Crippen LogP contribution in [0.25, 0.3) is 5.70 Å². The molecule has 1 aromatic heterocycles. The zero-order valence-electron chi connectivity index (χ0n) is 18.1. The van der Waals surface area contributed by atoms with E-state index >= 15 is 0 Å². The monoisotopic (exact) mass is 484 g/mol. The summed E-state index contributed by atoms with van der Waals surface area (Å²) in [5.74, 6) is -1.46. The average Bonchev–Trinajstić information content (AvgIpc) is 2.80. The minimum atomic E-state index is -0.631. The van der Waals surface area contributed by atoms with E-state index in [1.165, 1.54) is 18.3 Å². The Kier molecular flexibility index (Phi) is 7.79. The third-order valence-corrected chi connectivity index (χ3v) is 5.74. The highest BCUT2D eigenvalue weighted by molar-refractivity contribution is 7.27. The van der Waals surface area contributed by atoms with Crippen LogP contribution in [-0.4, -0.2) is 16.8 Å². The molecule has 0 bridgehead atoms. The lowest BCUT2D eigenvalue weighted by molar-refractivity contribution is 0.102. The fraction of sp³-hybridized carbons (Fsp3) is 0.125. The predicted molar refractivity (Wildman–Crippen MR) is 134 cm³/mol. The van der Waals surface area contributed by atoms with Gasteiger partial charge in [0.2, 0.25) is 0 Å². The van der Waals surface area contributed by atoms with E-state index in [1.807, 2.05) is 13.8 Å². The molecule has 0 radical (unpaired) electrons. The average molecular weight is 485 g/mol. The SMILES string of the molecule is CC/C(C)=C(\N)c1ccc(C(=O)Nc2ccc(F)cc2C(=O)Nc2ccc(Cl)cn2)c(P)c1. The number of nitrogens with two attached hydrogens (primary N) is 1. The molecule has 4 N–H and O–H groups in total. The molecule has 9 heteroatoms. The number of rotatable bonds is 6. The Morgan fingerprint density at radius 3 is 2.42 bits per heavy atom. The first-order valence-corrected chi connectivity index (χ1v) is 11.0. The number of benzene rings is 2. The van der Waals surface area contributed by atoms with Gasteiger partial charge < -0.3 is 16.4 Å². The van der Waals surface area contributed by atoms with E-state index in [0.717, 1.165) is 29.7 Å². The quantitative estimate of drug-likeness (QED) is 0.430. The van der Waals surface area contributed by atoms with Crippen LogP contribution >= 0.6 is 20.8 Å². The molecule has 33 heavy (non-hydrogen) atoms. The summed E-state index contributed by atoms with van der Waals surface area (Å²) in [4.78, 5) is 29.7. The highest BCUT2D eigenvalue weighted by Crippen LogP contribution is 2.21. The standard InChI is InChI=1S/C24H23ClFN4O2P/c1-3-13(2)22(27)14-4-7-17(20(33)10-14)23(31)29-19-8-6-16(26)11-18(19)24(32)30-21-9-5-15(25)12-28-21/h4-12H,3,27,33H2,1-2H3,(H,29,31)(H,28,30,32)/b22-13-. The fourth-order valence-electron chi connectivity index (χ4n) is 3.01. The summed E-state index contributed by atoms with van der Waals surface area (Å²) < 4.78 is 13.9. The lowest BCUT2D eigenvalue weighted by Gasteiger charge is -2.14. The molecule has 2 aromatic carbocycles. The third kappa shape index (κ3) is 5.95. The van der Waals surface area contributed by atoms with Crippen molar-refractivity contribution < 1.29 is 14.0 Å². The van der Waals surface area contributed by atoms with Gasteiger partial charge in [0.1, 0.15) is 11.6 Å². The minimum Gasteiger partial charge on any atom is -0.398 e. The summed E-state index contributed by atoms with van der Waals surface area (Å²) in [6.07, 6.45) is 2.20. The van der Waals surface area contributed by atoms with E-state index in [2.05, 4.69) is 24.9 Å². The number of aromatic nitrogens is 1. The summed E-state index contributed by atoms with van der Waals surface area (Å²) >= 11 is 5.81. The molecular formula is C24H23ClFN4O2P. The van der Waals surface area contributed by atoms with Crippen molar-refractivity contribution >= 4 is 55.2 Å². The molecule has 1 unspecified atom stereocenters. The van der Waals surface area contributed by atoms with E-state index in [0.29, 0.717) is 21.6 Å². The Morgan fingerprint density at radius 1 is 1.06 bits per heavy atom. The van der Waals surface area contributed by atoms with E-state index in [-0.39, 0.29) is 17.1 Å². The first-order valence-electron chi connectivity index (χ1n) is 10.1. The molecule has 0 aliphatic carbocycles. The van der Waals surface area contributed by atoms with Gasteiger partial charge in [0.05, 0.1) is 16.3 Å². The van der Waals surface area contributed by atoms with Crippen LogP contribution in [0.4, 0.5) is 15.9 Å². The molecule has 0 aliphatic rings. The number of nitrogens with one attached hydrogen (secondary N) is 2. The molecule has 0 saturated carbocycles. The van der Waals surface area contributed by atoms with Crippen molar-refractivity contribution in [2.45, 2.75) is 20.3 Å². The molecule has 1 heterocycles. The van der Waals surface area contributed by atoms with E-state index in [1.54, 1.807) is 24.3 Å². The molecule has 3 aromatic rings. The Bertz CT molecular complexity index is 1250. The first-order chi connectivity index (χ1) is 15.7. The van der Waals surface area contributed by atoms with Crippen molar-refractivity contribution in [1.29, 1.82) is 0 Å². The zero-order valence-corrected chi connectivity index (χ0v) is 20.0. The molecule has 0 saturated heterocycles. The lowest BCUT2D eigenvalue weighted by atomic mass is 10.0. The van der Waals surface area contributed by atoms with Crippen molar-refractivity contribution in [3.05, 3.63) is 87.8 Å². The first kappa shape index (κ1) is 24.4. The second-order valence-electron chi connectivity index (χ2n) is 7.31. The van der Waals surface area contributed by atoms with Gasteiger partial charge >= 0.3 is 0 Å². The molecular weight excluding hydrogens is 462 g/mol. The molecule has 2 amide bonds. The smallest absolute Gasteiger partial charge is 0.259 e. The predicted octanol–water partition coefficient (Wildman–Crippen LogP) is 4.98. The van der Waals surface area contributed by atoms with Gasteiger partial charge in [0.25, 0.3) is 11.8 Å². The molecule has 3 rings (SSSR count). The van der Waals surface area contributed by atoms with Gasteiger partial charge in [0, 0.05) is 17.5 Å². The van der Waals surface area contributed by atoms with Crippen LogP contribution in [0.3, 0.4) is 0 Å². The summed E-state index contributed by atoms with van der Waals surface area (Å²) in [5.41, 5.74) is 9.20. The number of carbonyl (C=O) groups excluding carboxylic acids is 2. The number of allylic oxidation sites excluding steroid dienone is 1. The number of hydrogen-bond donors (Lipinski definition) is 3. The highest BCUT2D eigenvalue weighted by atomic mass is 35.5. The maximum absolute atomic E-state index is 13.9. The molecule has 1 atom stereocenters. The molecule has 0 spiro atoms. The Balaban J connectivity index is 1.85. The topological polar surface area (TPSA) is 97.1 Å². The summed E-state index contributed by atoms with van der Waals surface area (Å²) in [7, 11) is 2.52. The van der Waals surface area contributed by atoms with Gasteiger partial charge in [-0.3, -0.25) is 9.59 Å². The number of hydrogen-bond acceptors (Lipinski definition) is 4. The second kappa shape index (κ2) is 10.6. The van der Waals surface area contributed by atoms with E-state index < -0.39 is 17.6 Å². The number of anilines is 2. The van der Waals surface area contributed by atoms with E-state index in [9.17, 15) is 14.0 Å². The van der Waals surface area contributed by atoms with Crippen LogP contribution < -0.4 is 21.7 Å². The van der Waals surface area contributed by atoms with Crippen LogP contribution in [-0.2, 0) is 0 Å². The van der Waals surface area contributed by atoms with Crippen molar-refractivity contribution in [1.82, 2.24) is 4.98 Å². The van der Waals surface area contributed by atoms with Crippen LogP contribution in [0.1, 0.15) is 46.5 Å². The number of halogens is 2. The third-order valence-electron chi connectivity index (χ3n) is 5.04. The maximum Gasteiger partial charge on any atom is 0.259 e. The van der Waals surface area contributed by atoms with Gasteiger partial charge in [0.15, 0.2) is 0 Å². The van der Waals surface area contributed by atoms with Crippen LogP contribution in [0.5, 0.6) is 0 Å². The van der Waals surface area contributed by atoms with Crippen molar-refractivity contribution in [2.75, 3.05) is 10.6 Å². The van der Waals surface area contributed by atoms with Crippen LogP contribution in [0, 0.1) is 5.82 Å². The summed E-state index contributed by atoms with van der Waals surface area (Å²) in [5, 5.41) is 6.30. The van der Waals surface area contributed by atoms with Crippen LogP contribution in [0.15, 0.2) is 60.3 Å². The largest absolute Gasteiger partial charge is 0.398 e. The summed E-state index contributed by atoms with van der Waals surface area (Å²) in [6.45, 7) is 3.98. The Morgan fingerprint density at radius 2 is 1.79 bits per heavy atom. The van der Waals surface area contributed by atoms with Gasteiger partial charge in [-0.15, -0.1) is 9.24 Å². The van der Waals surface area contributed by atoms with Crippen molar-refractivity contribution in [2.24, 2.45) is 5.73 Å². The maximum atomic E-state index is 13.9. The number of pyridine rings is 1. The Hall–Kier alpha value is -3.28. The fourth-order valence-corrected chi connectivity index (χ4v) is 3.53.